The van der Waals surface area contributed by atoms with E-state index in [4.69, 9.17) is 9.51 Å². The number of benzene rings is 3. The van der Waals surface area contributed by atoms with Gasteiger partial charge in [0.15, 0.2) is 5.82 Å². The van der Waals surface area contributed by atoms with E-state index in [9.17, 15) is 14.4 Å². The number of hydrogen-bond donors (Lipinski definition) is 3. The van der Waals surface area contributed by atoms with Crippen molar-refractivity contribution in [1.82, 2.24) is 40.6 Å². The van der Waals surface area contributed by atoms with Crippen LogP contribution in [-0.2, 0) is 21.4 Å². The lowest BCUT2D eigenvalue weighted by Crippen LogP contribution is -2.47. The second kappa shape index (κ2) is 16.8. The first-order chi connectivity index (χ1) is 27.8. The molecule has 1 saturated heterocycles. The third-order valence-electron chi connectivity index (χ3n) is 11.0. The van der Waals surface area contributed by atoms with Gasteiger partial charge in [-0.05, 0) is 73.7 Å². The molecule has 4 heterocycles. The molecule has 302 valence electrons. The number of nitrogens with zero attached hydrogens (tertiary/aromatic N) is 7. The van der Waals surface area contributed by atoms with Gasteiger partial charge in [-0.2, -0.15) is 4.98 Å². The highest BCUT2D eigenvalue weighted by Gasteiger charge is 2.25. The molecule has 0 radical (unpaired) electrons. The first-order valence-electron chi connectivity index (χ1n) is 19.8. The van der Waals surface area contributed by atoms with Crippen LogP contribution in [0.25, 0.3) is 33.2 Å². The number of hydrogen-bond acceptors (Lipinski definition) is 11. The fourth-order valence-electron chi connectivity index (χ4n) is 7.74. The van der Waals surface area contributed by atoms with Gasteiger partial charge in [0.2, 0.25) is 12.3 Å². The van der Waals surface area contributed by atoms with E-state index in [0.717, 1.165) is 89.2 Å². The number of nitrogens with one attached hydrogen (secondary N) is 3. The van der Waals surface area contributed by atoms with E-state index in [1.54, 1.807) is 6.33 Å². The maximum absolute atomic E-state index is 13.0. The maximum Gasteiger partial charge on any atom is 0.315 e. The Hall–Kier alpha value is -6.15. The summed E-state index contributed by atoms with van der Waals surface area (Å²) in [7, 11) is 1.97. The van der Waals surface area contributed by atoms with Crippen LogP contribution in [0.5, 0.6) is 0 Å². The lowest BCUT2D eigenvalue weighted by molar-refractivity contribution is -0.125. The van der Waals surface area contributed by atoms with E-state index in [1.165, 1.54) is 16.8 Å². The fourth-order valence-corrected chi connectivity index (χ4v) is 7.74. The number of H-pyrrole nitrogens is 1. The van der Waals surface area contributed by atoms with Crippen molar-refractivity contribution in [2.75, 3.05) is 56.1 Å². The van der Waals surface area contributed by atoms with Crippen LogP contribution in [0.2, 0.25) is 0 Å². The predicted molar refractivity (Wildman–Crippen MR) is 226 cm³/mol. The average Bonchev–Trinajstić information content (AvgIpc) is 3.86. The molecule has 3 aromatic carbocycles. The molecule has 1 atom stereocenters. The zero-order valence-electron chi connectivity index (χ0n) is 34.3. The number of fused-ring (bicyclic) bond motifs is 3. The molecule has 1 aliphatic heterocycles. The number of aryl methyl sites for hydroxylation is 2. The summed E-state index contributed by atoms with van der Waals surface area (Å²) >= 11 is 0. The van der Waals surface area contributed by atoms with Gasteiger partial charge in [-0.15, -0.1) is 0 Å². The second-order valence-corrected chi connectivity index (χ2v) is 16.3. The van der Waals surface area contributed by atoms with Gasteiger partial charge in [-0.25, -0.2) is 9.97 Å². The molecule has 6 aromatic rings. The number of imide groups is 1. The van der Waals surface area contributed by atoms with Crippen molar-refractivity contribution in [2.45, 2.75) is 65.8 Å². The van der Waals surface area contributed by atoms with E-state index in [1.807, 2.05) is 53.8 Å². The van der Waals surface area contributed by atoms with Gasteiger partial charge in [-0.3, -0.25) is 24.6 Å². The zero-order valence-corrected chi connectivity index (χ0v) is 34.3. The van der Waals surface area contributed by atoms with Crippen LogP contribution in [0.4, 0.5) is 11.4 Å². The molecule has 1 unspecified atom stereocenters. The summed E-state index contributed by atoms with van der Waals surface area (Å²) in [5.41, 5.74) is 10.0. The van der Waals surface area contributed by atoms with Crippen LogP contribution >= 0.6 is 0 Å². The third kappa shape index (κ3) is 8.71. The Bertz CT molecular complexity index is 2460. The third-order valence-corrected chi connectivity index (χ3v) is 11.0. The summed E-state index contributed by atoms with van der Waals surface area (Å²) in [4.78, 5) is 59.4. The lowest BCUT2D eigenvalue weighted by atomic mass is 9.96. The molecule has 7 rings (SSSR count). The number of carbonyl (C=O) groups is 3. The molecule has 0 spiro atoms. The van der Waals surface area contributed by atoms with Gasteiger partial charge < -0.3 is 24.6 Å². The van der Waals surface area contributed by atoms with Crippen LogP contribution in [0, 0.1) is 13.8 Å². The van der Waals surface area contributed by atoms with Crippen LogP contribution in [0.1, 0.15) is 78.9 Å². The highest BCUT2D eigenvalue weighted by molar-refractivity contribution is 6.12. The zero-order chi connectivity index (χ0) is 41.1. The van der Waals surface area contributed by atoms with Crippen molar-refractivity contribution < 1.29 is 18.9 Å². The Balaban J connectivity index is 0.975. The molecule has 0 aliphatic carbocycles. The quantitative estimate of drug-likeness (QED) is 0.117. The second-order valence-electron chi connectivity index (χ2n) is 16.3. The minimum absolute atomic E-state index is 0.0474. The van der Waals surface area contributed by atoms with Gasteiger partial charge >= 0.3 is 11.8 Å². The summed E-state index contributed by atoms with van der Waals surface area (Å²) in [6.07, 6.45) is 3.26. The molecule has 3 N–H and O–H groups in total. The molecule has 1 fully saturated rings. The van der Waals surface area contributed by atoms with Gasteiger partial charge in [0.05, 0.1) is 17.1 Å². The molecule has 3 aromatic heterocycles. The maximum atomic E-state index is 13.0. The summed E-state index contributed by atoms with van der Waals surface area (Å²) < 4.78 is 5.25. The summed E-state index contributed by atoms with van der Waals surface area (Å²) in [6.45, 7) is 17.4. The van der Waals surface area contributed by atoms with Gasteiger partial charge in [-0.1, -0.05) is 56.3 Å². The van der Waals surface area contributed by atoms with E-state index < -0.39 is 5.91 Å². The molecule has 0 saturated carbocycles. The Kier molecular flexibility index (Phi) is 11.6. The minimum Gasteiger partial charge on any atom is -0.374 e. The molecule has 14 heteroatoms. The standard InChI is InChI=1S/C44H52N10O4/c1-27-23-31(9-11-33(27)29(3)48-41(57)42-50-43(51-58-42)44(4,5)6)39-38-34-12-10-32(24-35(34)49-40(38)46-25-45-39)54-20-18-53(19-21-54)17-14-30-8-13-36(28(2)22-30)52(7)16-15-37(56)47-26-55/h8-13,22-26,29H,14-21H2,1-7H3,(H,48,57)(H,45,46,49)(H,47,55,56). The molecular formula is C44H52N10O4. The Morgan fingerprint density at radius 1 is 1.00 bits per heavy atom. The Labute approximate surface area is 338 Å². The summed E-state index contributed by atoms with van der Waals surface area (Å²) in [5, 5.41) is 11.2. The number of amides is 3. The normalized spacial score (nSPS) is 14.2. The SMILES string of the molecule is Cc1cc(-c2ncnc3[nH]c4cc(N5CCN(CCc6ccc(N(C)CCC(=O)NC=O)c(C)c6)CC5)ccc4c23)ccc1C(C)NC(=O)c1nc(C(C)(C)C)no1. The molecular weight excluding hydrogens is 733 g/mol. The van der Waals surface area contributed by atoms with Crippen LogP contribution in [0.15, 0.2) is 65.4 Å². The predicted octanol–water partition coefficient (Wildman–Crippen LogP) is 6.03. The topological polar surface area (TPSA) is 165 Å². The van der Waals surface area contributed by atoms with E-state index >= 15 is 0 Å². The number of carbonyl (C=O) groups excluding carboxylic acids is 3. The average molecular weight is 785 g/mol. The number of aromatic amines is 1. The Morgan fingerprint density at radius 2 is 1.79 bits per heavy atom. The summed E-state index contributed by atoms with van der Waals surface area (Å²) in [6, 6.07) is 19.0. The fraction of sp³-hybridized carbons (Fsp3) is 0.386. The van der Waals surface area contributed by atoms with Crippen molar-refractivity contribution in [3.8, 4) is 11.3 Å². The molecule has 58 heavy (non-hydrogen) atoms. The highest BCUT2D eigenvalue weighted by atomic mass is 16.5. The van der Waals surface area contributed by atoms with Crippen molar-refractivity contribution in [3.63, 3.8) is 0 Å². The van der Waals surface area contributed by atoms with Gasteiger partial charge in [0.1, 0.15) is 12.0 Å². The van der Waals surface area contributed by atoms with Gasteiger partial charge in [0.25, 0.3) is 0 Å². The number of aromatic nitrogens is 5. The molecule has 3 amide bonds. The van der Waals surface area contributed by atoms with Crippen LogP contribution in [0.3, 0.4) is 0 Å². The first kappa shape index (κ1) is 40.1. The van der Waals surface area contributed by atoms with Crippen molar-refractivity contribution in [2.24, 2.45) is 0 Å². The van der Waals surface area contributed by atoms with E-state index in [0.29, 0.717) is 18.8 Å². The first-order valence-corrected chi connectivity index (χ1v) is 19.8. The van der Waals surface area contributed by atoms with Gasteiger partial charge in [0, 0.05) is 86.0 Å². The molecule has 14 nitrogen and oxygen atoms in total. The minimum atomic E-state index is -0.408. The van der Waals surface area contributed by atoms with Crippen molar-refractivity contribution in [3.05, 3.63) is 94.9 Å². The summed E-state index contributed by atoms with van der Waals surface area (Å²) in [5.74, 6) is -0.244. The van der Waals surface area contributed by atoms with Crippen molar-refractivity contribution in [1.29, 1.82) is 0 Å². The Morgan fingerprint density at radius 3 is 2.50 bits per heavy atom. The highest BCUT2D eigenvalue weighted by Crippen LogP contribution is 2.35. The van der Waals surface area contributed by atoms with Crippen LogP contribution < -0.4 is 20.4 Å². The largest absolute Gasteiger partial charge is 0.374 e. The lowest BCUT2D eigenvalue weighted by Gasteiger charge is -2.36. The molecule has 1 aliphatic rings. The number of anilines is 2. The van der Waals surface area contributed by atoms with Crippen molar-refractivity contribution >= 4 is 51.5 Å². The van der Waals surface area contributed by atoms with Crippen LogP contribution in [-0.4, -0.2) is 94.5 Å². The monoisotopic (exact) mass is 784 g/mol. The number of piperazine rings is 1. The molecule has 0 bridgehead atoms. The number of rotatable bonds is 13. The smallest absolute Gasteiger partial charge is 0.315 e. The van der Waals surface area contributed by atoms with E-state index in [-0.39, 0.29) is 29.7 Å². The van der Waals surface area contributed by atoms with E-state index in [2.05, 4.69) is 94.8 Å².